The molecular weight excluding hydrogens is 1110 g/mol. The summed E-state index contributed by atoms with van der Waals surface area (Å²) < 4.78 is 60.6. The highest BCUT2D eigenvalue weighted by Gasteiger charge is 2.70. The maximum atomic E-state index is 14.6. The molecule has 78 heavy (non-hydrogen) atoms. The van der Waals surface area contributed by atoms with Gasteiger partial charge in [-0.3, -0.25) is 4.79 Å². The number of aliphatic hydroxyl groups is 14. The van der Waals surface area contributed by atoms with Gasteiger partial charge in [0.1, 0.15) is 116 Å². The van der Waals surface area contributed by atoms with Crippen LogP contribution in [0.4, 0.5) is 0 Å². The lowest BCUT2D eigenvalue weighted by molar-refractivity contribution is -0.400. The summed E-state index contributed by atoms with van der Waals surface area (Å²) in [6, 6.07) is 0. The first kappa shape index (κ1) is 61.7. The van der Waals surface area contributed by atoms with Crippen molar-refractivity contribution in [3.05, 3.63) is 12.2 Å². The lowest BCUT2D eigenvalue weighted by atomic mass is 9.41. The molecule has 0 amide bonds. The van der Waals surface area contributed by atoms with Gasteiger partial charge in [-0.05, 0) is 86.5 Å². The fraction of sp³-hybridized carbons (Fsp3) is 0.940. The van der Waals surface area contributed by atoms with E-state index in [1.54, 1.807) is 0 Å². The number of hydrogen-bond donors (Lipinski definition) is 14. The largest absolute Gasteiger partial charge is 0.462 e. The van der Waals surface area contributed by atoms with E-state index in [0.29, 0.717) is 56.9 Å². The van der Waals surface area contributed by atoms with Crippen LogP contribution in [0.3, 0.4) is 0 Å². The first-order valence-electron chi connectivity index (χ1n) is 26.7. The minimum atomic E-state index is -2.09. The molecule has 4 saturated carbocycles. The number of alkyl halides is 3. The minimum absolute atomic E-state index is 0.0117. The predicted octanol–water partition coefficient (Wildman–Crippen LogP) is -3.55. The van der Waals surface area contributed by atoms with Gasteiger partial charge >= 0.3 is 5.97 Å². The van der Waals surface area contributed by atoms with E-state index in [1.807, 2.05) is 6.92 Å². The first-order valence-corrected chi connectivity index (χ1v) is 28.2. The van der Waals surface area contributed by atoms with Crippen LogP contribution in [0.2, 0.25) is 0 Å². The Bertz CT molecular complexity index is 2110. The predicted molar refractivity (Wildman–Crippen MR) is 263 cm³/mol. The van der Waals surface area contributed by atoms with Crippen molar-refractivity contribution in [3.63, 3.8) is 0 Å². The number of ether oxygens (including phenoxy) is 10. The zero-order valence-corrected chi connectivity index (χ0v) is 45.4. The fourth-order valence-electron chi connectivity index (χ4n) is 15.0. The Kier molecular flexibility index (Phi) is 18.6. The highest BCUT2D eigenvalue weighted by molar-refractivity contribution is 6.21. The van der Waals surface area contributed by atoms with E-state index >= 15 is 0 Å². The van der Waals surface area contributed by atoms with Crippen molar-refractivity contribution in [2.24, 2.45) is 28.1 Å². The first-order chi connectivity index (χ1) is 36.8. The molecule has 25 nitrogen and oxygen atoms in total. The van der Waals surface area contributed by atoms with Gasteiger partial charge in [0.15, 0.2) is 25.2 Å². The van der Waals surface area contributed by atoms with Crippen molar-refractivity contribution in [2.75, 3.05) is 38.2 Å². The summed E-state index contributed by atoms with van der Waals surface area (Å²) >= 11 is 18.7. The number of fused-ring (bicyclic) bond motifs is 3. The third kappa shape index (κ3) is 10.4. The van der Waals surface area contributed by atoms with Crippen LogP contribution in [0.25, 0.3) is 0 Å². The lowest BCUT2D eigenvalue weighted by Crippen LogP contribution is -2.68. The van der Waals surface area contributed by atoms with E-state index in [4.69, 9.17) is 82.2 Å². The van der Waals surface area contributed by atoms with E-state index in [-0.39, 0.29) is 17.7 Å². The highest BCUT2D eigenvalue weighted by Crippen LogP contribution is 2.74. The van der Waals surface area contributed by atoms with Crippen molar-refractivity contribution < 1.29 is 124 Å². The van der Waals surface area contributed by atoms with Gasteiger partial charge in [-0.2, -0.15) is 0 Å². The average molecular weight is 1180 g/mol. The maximum Gasteiger partial charge on any atom is 0.312 e. The molecule has 5 saturated heterocycles. The Labute approximate surface area is 464 Å². The van der Waals surface area contributed by atoms with Crippen molar-refractivity contribution >= 4 is 40.8 Å². The topological polar surface area (TPSA) is 393 Å². The highest BCUT2D eigenvalue weighted by atomic mass is 35.5. The van der Waals surface area contributed by atoms with Crippen LogP contribution < -0.4 is 0 Å². The summed E-state index contributed by atoms with van der Waals surface area (Å²) in [4.78, 5) is 14.6. The molecule has 0 radical (unpaired) electrons. The number of hydrogen-bond acceptors (Lipinski definition) is 25. The van der Waals surface area contributed by atoms with Gasteiger partial charge in [0.05, 0.1) is 48.0 Å². The summed E-state index contributed by atoms with van der Waals surface area (Å²) in [6.07, 6.45) is -32.1. The molecule has 14 N–H and O–H groups in total. The van der Waals surface area contributed by atoms with E-state index in [2.05, 4.69) is 13.5 Å². The lowest BCUT2D eigenvalue weighted by Gasteiger charge is -2.64. The molecule has 1 spiro atoms. The van der Waals surface area contributed by atoms with E-state index < -0.39 is 206 Å². The van der Waals surface area contributed by atoms with Gasteiger partial charge in [0.25, 0.3) is 0 Å². The van der Waals surface area contributed by atoms with Crippen LogP contribution in [0.1, 0.15) is 71.6 Å². The van der Waals surface area contributed by atoms with Gasteiger partial charge in [-0.1, -0.05) is 19.9 Å². The van der Waals surface area contributed by atoms with Gasteiger partial charge < -0.3 is 119 Å². The number of aliphatic hydroxyl groups excluding tert-OH is 14. The molecule has 0 aromatic heterocycles. The second-order valence-electron chi connectivity index (χ2n) is 23.6. The maximum absolute atomic E-state index is 14.6. The van der Waals surface area contributed by atoms with Crippen molar-refractivity contribution in [1.82, 2.24) is 0 Å². The smallest absolute Gasteiger partial charge is 0.312 e. The summed E-state index contributed by atoms with van der Waals surface area (Å²) in [5.41, 5.74) is -2.36. The van der Waals surface area contributed by atoms with E-state index in [1.165, 1.54) is 0 Å². The number of carbonyl (C=O) groups is 1. The quantitative estimate of drug-likeness (QED) is 0.0308. The van der Waals surface area contributed by atoms with E-state index in [9.17, 15) is 76.3 Å². The molecule has 9 rings (SSSR count). The number of rotatable bonds is 16. The summed E-state index contributed by atoms with van der Waals surface area (Å²) in [6.45, 7) is 5.70. The molecule has 9 aliphatic rings. The standard InChI is InChI=1S/C50H77Cl3O25/c1-19-11-48-9-5-25-46(2,7-4-8-47(25,3)45(68)69-16-24-27(53)32(61)35(64)43(73-24)78-50(18-52)40(67)31(60)20(12-51)76-50)26(48)6-10-49(19,17-48)77-44-39(75-42-37(66)34(63)29(58)22(14-55)71-42)38(30(59)23(15-56)72-44)74-41-36(65)33(62)28(57)21(13-54)70-41/h20-44,54-67H,1,4-18H2,2-3H3/t20-,21-,22-,23-,24-,25+,26+,27+,28-,29-,30-,31-,32+,33+,34+,35-,36-,37-,38+,39-,40+,41+,42+,43-,44+,46-,47-,48-,49+,50+/m1/s1. The van der Waals surface area contributed by atoms with Crippen LogP contribution in [0, 0.1) is 28.1 Å². The molecule has 2 bridgehead atoms. The molecular formula is C50H77Cl3O25. The van der Waals surface area contributed by atoms with Gasteiger partial charge in [0.2, 0.25) is 5.79 Å². The zero-order valence-electron chi connectivity index (χ0n) is 43.1. The minimum Gasteiger partial charge on any atom is -0.462 e. The number of carbonyl (C=O) groups excluding carboxylic acids is 1. The average Bonchev–Trinajstić information content (AvgIpc) is 4.02. The third-order valence-electron chi connectivity index (χ3n) is 19.2. The summed E-state index contributed by atoms with van der Waals surface area (Å²) in [7, 11) is 0. The number of halogens is 3. The van der Waals surface area contributed by atoms with Crippen molar-refractivity contribution in [2.45, 2.75) is 223 Å². The molecule has 28 heteroatoms. The number of esters is 1. The van der Waals surface area contributed by atoms with Crippen molar-refractivity contribution in [3.8, 4) is 0 Å². The van der Waals surface area contributed by atoms with Crippen LogP contribution in [-0.2, 0) is 52.2 Å². The SMILES string of the molecule is C=C1C[C@@]23CC[C@H]4[C@@](C)(CCC[C@@]4(C)C(=O)OC[C@H]4O[C@H](O[C@]5(CCl)O[C@H](CCl)[C@@H](O)[C@@H]5O)[C@H](O)[C@@H](O)[C@H]4Cl)[C@@H]2CC[C@]1(O[C@@H]1O[C@H](CO)[C@@H](O)[C@H](O[C@@H]2O[C@H](CO)[C@@H](O)[C@H](O)[C@H]2O)[C@H]1O[C@@H]1O[C@H](CO)[C@@H](O)[C@H](O)[C@H]1O)C3. The van der Waals surface area contributed by atoms with Gasteiger partial charge in [-0.25, -0.2) is 0 Å². The van der Waals surface area contributed by atoms with Gasteiger partial charge in [0, 0.05) is 0 Å². The Balaban J connectivity index is 0.931. The Morgan fingerprint density at radius 3 is 1.74 bits per heavy atom. The van der Waals surface area contributed by atoms with E-state index in [0.717, 1.165) is 6.42 Å². The van der Waals surface area contributed by atoms with Crippen LogP contribution >= 0.6 is 34.8 Å². The molecule has 9 fully saturated rings. The molecule has 0 unspecified atom stereocenters. The monoisotopic (exact) mass is 1180 g/mol. The molecule has 30 atom stereocenters. The molecule has 4 aliphatic carbocycles. The van der Waals surface area contributed by atoms with Crippen molar-refractivity contribution in [1.29, 1.82) is 0 Å². The second kappa shape index (κ2) is 23.6. The molecule has 448 valence electrons. The third-order valence-corrected chi connectivity index (χ3v) is 20.4. The molecule has 5 aliphatic heterocycles. The normalized spacial score (nSPS) is 54.3. The zero-order chi connectivity index (χ0) is 56.8. The molecule has 0 aromatic rings. The molecule has 0 aromatic carbocycles. The van der Waals surface area contributed by atoms with Crippen LogP contribution in [-0.4, -0.2) is 267 Å². The van der Waals surface area contributed by atoms with Gasteiger partial charge in [-0.15, -0.1) is 34.8 Å². The Morgan fingerprint density at radius 1 is 0.615 bits per heavy atom. The second-order valence-corrected chi connectivity index (χ2v) is 24.7. The molecule has 5 heterocycles. The van der Waals surface area contributed by atoms with Crippen LogP contribution in [0.5, 0.6) is 0 Å². The summed E-state index contributed by atoms with van der Waals surface area (Å²) in [5.74, 6) is -3.56. The fourth-order valence-corrected chi connectivity index (χ4v) is 15.8. The Hall–Kier alpha value is -0.840. The Morgan fingerprint density at radius 2 is 1.17 bits per heavy atom. The van der Waals surface area contributed by atoms with Crippen LogP contribution in [0.15, 0.2) is 12.2 Å². The summed E-state index contributed by atoms with van der Waals surface area (Å²) in [5, 5.41) is 149.